The van der Waals surface area contributed by atoms with Crippen molar-refractivity contribution >= 4 is 11.7 Å². The molecule has 114 valence electrons. The van der Waals surface area contributed by atoms with Crippen LogP contribution in [0.5, 0.6) is 0 Å². The molecule has 0 spiro atoms. The molecule has 1 atom stereocenters. The van der Waals surface area contributed by atoms with Crippen LogP contribution >= 0.6 is 0 Å². The summed E-state index contributed by atoms with van der Waals surface area (Å²) in [6.07, 6.45) is 6.15. The van der Waals surface area contributed by atoms with E-state index in [1.54, 1.807) is 18.3 Å². The van der Waals surface area contributed by atoms with E-state index in [0.717, 1.165) is 19.4 Å². The average Bonchev–Trinajstić information content (AvgIpc) is 2.56. The molecule has 2 aromatic heterocycles. The van der Waals surface area contributed by atoms with Gasteiger partial charge in [-0.15, -0.1) is 0 Å². The van der Waals surface area contributed by atoms with Crippen LogP contribution in [0.1, 0.15) is 23.3 Å². The highest BCUT2D eigenvalue weighted by Gasteiger charge is 2.24. The molecule has 0 bridgehead atoms. The van der Waals surface area contributed by atoms with Gasteiger partial charge in [-0.2, -0.15) is 0 Å². The van der Waals surface area contributed by atoms with Gasteiger partial charge < -0.3 is 10.2 Å². The number of rotatable bonds is 3. The second kappa shape index (κ2) is 6.46. The zero-order chi connectivity index (χ0) is 15.4. The second-order valence-electron chi connectivity index (χ2n) is 5.16. The Bertz CT molecular complexity index is 651. The number of piperidine rings is 1. The van der Waals surface area contributed by atoms with Crippen LogP contribution in [-0.2, 0) is 0 Å². The summed E-state index contributed by atoms with van der Waals surface area (Å²) < 4.78 is 13.8. The van der Waals surface area contributed by atoms with E-state index < -0.39 is 0 Å². The van der Waals surface area contributed by atoms with E-state index in [1.807, 2.05) is 4.90 Å². The Labute approximate surface area is 127 Å². The number of aromatic nitrogens is 3. The van der Waals surface area contributed by atoms with Gasteiger partial charge in [-0.25, -0.2) is 19.3 Å². The van der Waals surface area contributed by atoms with E-state index in [4.69, 9.17) is 0 Å². The number of pyridine rings is 1. The van der Waals surface area contributed by atoms with Crippen LogP contribution in [0.4, 0.5) is 10.2 Å². The van der Waals surface area contributed by atoms with Crippen molar-refractivity contribution in [3.8, 4) is 0 Å². The van der Waals surface area contributed by atoms with Gasteiger partial charge in [0.25, 0.3) is 5.91 Å². The van der Waals surface area contributed by atoms with E-state index in [1.165, 1.54) is 18.6 Å². The van der Waals surface area contributed by atoms with E-state index in [9.17, 15) is 9.18 Å². The van der Waals surface area contributed by atoms with Crippen molar-refractivity contribution in [2.24, 2.45) is 0 Å². The fraction of sp³-hybridized carbons (Fsp3) is 0.333. The van der Waals surface area contributed by atoms with Crippen molar-refractivity contribution in [1.82, 2.24) is 20.3 Å². The molecule has 7 heteroatoms. The SMILES string of the molecule is O=C(NC1CCCN(c2ncccc2F)C1)c1ccncn1. The molecular weight excluding hydrogens is 285 g/mol. The maximum absolute atomic E-state index is 13.8. The topological polar surface area (TPSA) is 71.0 Å². The van der Waals surface area contributed by atoms with E-state index >= 15 is 0 Å². The third-order valence-corrected chi connectivity index (χ3v) is 3.61. The Morgan fingerprint density at radius 2 is 2.23 bits per heavy atom. The molecule has 1 fully saturated rings. The molecule has 22 heavy (non-hydrogen) atoms. The number of carbonyl (C=O) groups is 1. The quantitative estimate of drug-likeness (QED) is 0.928. The molecule has 0 aliphatic carbocycles. The summed E-state index contributed by atoms with van der Waals surface area (Å²) in [5.74, 6) is -0.246. The van der Waals surface area contributed by atoms with Crippen molar-refractivity contribution in [3.05, 3.63) is 48.4 Å². The van der Waals surface area contributed by atoms with Gasteiger partial charge in [-0.05, 0) is 31.0 Å². The average molecular weight is 301 g/mol. The molecule has 1 saturated heterocycles. The zero-order valence-electron chi connectivity index (χ0n) is 11.9. The summed E-state index contributed by atoms with van der Waals surface area (Å²) in [7, 11) is 0. The molecule has 0 radical (unpaired) electrons. The lowest BCUT2D eigenvalue weighted by molar-refractivity contribution is 0.0928. The molecule has 3 heterocycles. The van der Waals surface area contributed by atoms with Crippen molar-refractivity contribution in [2.45, 2.75) is 18.9 Å². The van der Waals surface area contributed by atoms with Crippen LogP contribution in [0, 0.1) is 5.82 Å². The highest BCUT2D eigenvalue weighted by molar-refractivity contribution is 5.92. The molecule has 1 unspecified atom stereocenters. The largest absolute Gasteiger partial charge is 0.352 e. The highest BCUT2D eigenvalue weighted by Crippen LogP contribution is 2.20. The fourth-order valence-electron chi connectivity index (χ4n) is 2.58. The van der Waals surface area contributed by atoms with Crippen LogP contribution in [-0.4, -0.2) is 40.0 Å². The minimum Gasteiger partial charge on any atom is -0.352 e. The standard InChI is InChI=1S/C15H16FN5O/c16-12-4-1-6-18-14(12)21-8-2-3-11(9-21)20-15(22)13-5-7-17-10-19-13/h1,4-7,10-11H,2-3,8-9H2,(H,20,22). The van der Waals surface area contributed by atoms with E-state index in [-0.39, 0.29) is 17.8 Å². The summed E-state index contributed by atoms with van der Waals surface area (Å²) in [5, 5.41) is 2.93. The first-order valence-electron chi connectivity index (χ1n) is 7.16. The minimum absolute atomic E-state index is 0.0578. The lowest BCUT2D eigenvalue weighted by Gasteiger charge is -2.33. The number of anilines is 1. The van der Waals surface area contributed by atoms with Gasteiger partial charge in [0.1, 0.15) is 12.0 Å². The minimum atomic E-state index is -0.342. The second-order valence-corrected chi connectivity index (χ2v) is 5.16. The molecule has 0 aromatic carbocycles. The predicted molar refractivity (Wildman–Crippen MR) is 78.9 cm³/mol. The van der Waals surface area contributed by atoms with Crippen LogP contribution in [0.25, 0.3) is 0 Å². The van der Waals surface area contributed by atoms with Gasteiger partial charge in [0.2, 0.25) is 0 Å². The molecule has 2 aromatic rings. The van der Waals surface area contributed by atoms with Gasteiger partial charge in [-0.1, -0.05) is 0 Å². The number of hydrogen-bond acceptors (Lipinski definition) is 5. The van der Waals surface area contributed by atoms with Gasteiger partial charge in [0.05, 0.1) is 0 Å². The lowest BCUT2D eigenvalue weighted by Crippen LogP contribution is -2.48. The highest BCUT2D eigenvalue weighted by atomic mass is 19.1. The van der Waals surface area contributed by atoms with Crippen molar-refractivity contribution in [2.75, 3.05) is 18.0 Å². The molecule has 1 aliphatic heterocycles. The first-order chi connectivity index (χ1) is 10.7. The number of nitrogens with zero attached hydrogens (tertiary/aromatic N) is 4. The van der Waals surface area contributed by atoms with E-state index in [2.05, 4.69) is 20.3 Å². The summed E-state index contributed by atoms with van der Waals surface area (Å²) >= 11 is 0. The molecule has 1 amide bonds. The van der Waals surface area contributed by atoms with Crippen molar-refractivity contribution in [1.29, 1.82) is 0 Å². The number of halogens is 1. The van der Waals surface area contributed by atoms with Crippen molar-refractivity contribution in [3.63, 3.8) is 0 Å². The number of carbonyl (C=O) groups excluding carboxylic acids is 1. The Balaban J connectivity index is 1.66. The molecule has 3 rings (SSSR count). The number of amides is 1. The van der Waals surface area contributed by atoms with Gasteiger partial charge in [-0.3, -0.25) is 4.79 Å². The molecule has 6 nitrogen and oxygen atoms in total. The summed E-state index contributed by atoms with van der Waals surface area (Å²) in [6.45, 7) is 1.26. The van der Waals surface area contributed by atoms with E-state index in [0.29, 0.717) is 18.1 Å². The Kier molecular flexibility index (Phi) is 4.22. The Hall–Kier alpha value is -2.57. The molecule has 1 N–H and O–H groups in total. The maximum atomic E-state index is 13.8. The molecule has 0 saturated carbocycles. The normalized spacial score (nSPS) is 18.0. The fourth-order valence-corrected chi connectivity index (χ4v) is 2.58. The number of nitrogens with one attached hydrogen (secondary N) is 1. The van der Waals surface area contributed by atoms with Crippen LogP contribution in [0.2, 0.25) is 0 Å². The molecule has 1 aliphatic rings. The van der Waals surface area contributed by atoms with Crippen LogP contribution in [0.3, 0.4) is 0 Å². The Morgan fingerprint density at radius 3 is 3.00 bits per heavy atom. The van der Waals surface area contributed by atoms with Crippen LogP contribution in [0.15, 0.2) is 36.9 Å². The lowest BCUT2D eigenvalue weighted by atomic mass is 10.1. The van der Waals surface area contributed by atoms with Gasteiger partial charge >= 0.3 is 0 Å². The molecular formula is C15H16FN5O. The van der Waals surface area contributed by atoms with Crippen molar-refractivity contribution < 1.29 is 9.18 Å². The maximum Gasteiger partial charge on any atom is 0.270 e. The van der Waals surface area contributed by atoms with Crippen LogP contribution < -0.4 is 10.2 Å². The van der Waals surface area contributed by atoms with Gasteiger partial charge in [0.15, 0.2) is 11.6 Å². The first-order valence-corrected chi connectivity index (χ1v) is 7.16. The Morgan fingerprint density at radius 1 is 1.32 bits per heavy atom. The monoisotopic (exact) mass is 301 g/mol. The first kappa shape index (κ1) is 14.4. The smallest absolute Gasteiger partial charge is 0.270 e. The third-order valence-electron chi connectivity index (χ3n) is 3.61. The number of hydrogen-bond donors (Lipinski definition) is 1. The summed E-state index contributed by atoms with van der Waals surface area (Å²) in [4.78, 5) is 25.8. The zero-order valence-corrected chi connectivity index (χ0v) is 11.9. The summed E-state index contributed by atoms with van der Waals surface area (Å²) in [5.41, 5.74) is 0.330. The summed E-state index contributed by atoms with van der Waals surface area (Å²) in [6, 6.07) is 4.47. The predicted octanol–water partition coefficient (Wildman–Crippen LogP) is 1.41. The third kappa shape index (κ3) is 3.19. The van der Waals surface area contributed by atoms with Gasteiger partial charge in [0, 0.05) is 31.5 Å².